The third-order valence-electron chi connectivity index (χ3n) is 1.77. The normalized spacial score (nSPS) is 19.1. The van der Waals surface area contributed by atoms with Gasteiger partial charge in [-0.15, -0.1) is 0 Å². The number of hydrogen-bond acceptors (Lipinski definition) is 3. The van der Waals surface area contributed by atoms with Gasteiger partial charge in [-0.1, -0.05) is 12.2 Å². The van der Waals surface area contributed by atoms with Gasteiger partial charge in [0.1, 0.15) is 6.07 Å². The predicted octanol–water partition coefficient (Wildman–Crippen LogP) is 2.07. The van der Waals surface area contributed by atoms with E-state index in [2.05, 4.69) is 0 Å². The molecule has 0 fully saturated rings. The van der Waals surface area contributed by atoms with Gasteiger partial charge < -0.3 is 4.74 Å². The van der Waals surface area contributed by atoms with Gasteiger partial charge in [0.25, 0.3) is 0 Å². The highest BCUT2D eigenvalue weighted by Crippen LogP contribution is 2.20. The average molecular weight is 177 g/mol. The van der Waals surface area contributed by atoms with E-state index in [9.17, 15) is 4.79 Å². The maximum atomic E-state index is 10.6. The van der Waals surface area contributed by atoms with Gasteiger partial charge in [-0.3, -0.25) is 4.79 Å². The summed E-state index contributed by atoms with van der Waals surface area (Å²) in [4.78, 5) is 10.6. The fourth-order valence-electron chi connectivity index (χ4n) is 1.21. The minimum absolute atomic E-state index is 0.142. The molecular weight excluding hydrogens is 166 g/mol. The van der Waals surface area contributed by atoms with E-state index in [1.807, 2.05) is 18.2 Å². The van der Waals surface area contributed by atoms with Crippen LogP contribution < -0.4 is 0 Å². The largest absolute Gasteiger partial charge is 0.415 e. The second-order valence-corrected chi connectivity index (χ2v) is 2.85. The molecule has 0 saturated carbocycles. The van der Waals surface area contributed by atoms with E-state index >= 15 is 0 Å². The SMILES string of the molecule is CC(=O)OC(C#N)=C1C=CCCC1. The Labute approximate surface area is 77.3 Å². The summed E-state index contributed by atoms with van der Waals surface area (Å²) in [6.07, 6.45) is 6.69. The first-order valence-electron chi connectivity index (χ1n) is 4.22. The van der Waals surface area contributed by atoms with Crippen LogP contribution in [0.4, 0.5) is 0 Å². The number of ether oxygens (including phenoxy) is 1. The van der Waals surface area contributed by atoms with Crippen LogP contribution >= 0.6 is 0 Å². The monoisotopic (exact) mass is 177 g/mol. The number of carbonyl (C=O) groups excluding carboxylic acids is 1. The molecule has 0 N–H and O–H groups in total. The number of esters is 1. The molecule has 0 aromatic carbocycles. The Morgan fingerprint density at radius 2 is 2.46 bits per heavy atom. The van der Waals surface area contributed by atoms with Crippen LogP contribution in [0.5, 0.6) is 0 Å². The highest BCUT2D eigenvalue weighted by atomic mass is 16.5. The molecule has 0 aromatic rings. The van der Waals surface area contributed by atoms with E-state index in [4.69, 9.17) is 10.00 Å². The molecular formula is C10H11NO2. The van der Waals surface area contributed by atoms with Gasteiger partial charge in [0.05, 0.1) is 0 Å². The minimum Gasteiger partial charge on any atom is -0.415 e. The van der Waals surface area contributed by atoms with Crippen molar-refractivity contribution in [1.82, 2.24) is 0 Å². The van der Waals surface area contributed by atoms with Gasteiger partial charge >= 0.3 is 5.97 Å². The number of allylic oxidation sites excluding steroid dienone is 4. The summed E-state index contributed by atoms with van der Waals surface area (Å²) >= 11 is 0. The standard InChI is InChI=1S/C10H11NO2/c1-8(12)13-10(7-11)9-5-3-2-4-6-9/h3,5H,2,4,6H2,1H3. The van der Waals surface area contributed by atoms with Gasteiger partial charge in [0, 0.05) is 12.5 Å². The minimum atomic E-state index is -0.442. The highest BCUT2D eigenvalue weighted by Gasteiger charge is 2.09. The van der Waals surface area contributed by atoms with Crippen molar-refractivity contribution >= 4 is 5.97 Å². The Kier molecular flexibility index (Phi) is 3.27. The van der Waals surface area contributed by atoms with Crippen molar-refractivity contribution < 1.29 is 9.53 Å². The van der Waals surface area contributed by atoms with Crippen LogP contribution in [0.1, 0.15) is 26.2 Å². The third-order valence-corrected chi connectivity index (χ3v) is 1.77. The maximum Gasteiger partial charge on any atom is 0.308 e. The van der Waals surface area contributed by atoms with Crippen molar-refractivity contribution in [2.75, 3.05) is 0 Å². The number of hydrogen-bond donors (Lipinski definition) is 0. The molecule has 0 aliphatic heterocycles. The van der Waals surface area contributed by atoms with E-state index in [-0.39, 0.29) is 5.76 Å². The van der Waals surface area contributed by atoms with Gasteiger partial charge in [0.15, 0.2) is 0 Å². The van der Waals surface area contributed by atoms with Crippen molar-refractivity contribution in [3.8, 4) is 6.07 Å². The second-order valence-electron chi connectivity index (χ2n) is 2.85. The van der Waals surface area contributed by atoms with Gasteiger partial charge in [0.2, 0.25) is 5.76 Å². The number of nitrogens with zero attached hydrogens (tertiary/aromatic N) is 1. The summed E-state index contributed by atoms with van der Waals surface area (Å²) < 4.78 is 4.77. The fraction of sp³-hybridized carbons (Fsp3) is 0.400. The molecule has 1 aliphatic rings. The summed E-state index contributed by atoms with van der Waals surface area (Å²) in [5.74, 6) is -0.300. The molecule has 1 rings (SSSR count). The molecule has 0 amide bonds. The summed E-state index contributed by atoms with van der Waals surface area (Å²) in [5.41, 5.74) is 0.823. The van der Waals surface area contributed by atoms with Crippen LogP contribution in [-0.2, 0) is 9.53 Å². The molecule has 0 aromatic heterocycles. The van der Waals surface area contributed by atoms with Crippen LogP contribution in [0.15, 0.2) is 23.5 Å². The molecule has 3 nitrogen and oxygen atoms in total. The molecule has 0 bridgehead atoms. The fourth-order valence-corrected chi connectivity index (χ4v) is 1.21. The number of nitriles is 1. The van der Waals surface area contributed by atoms with Gasteiger partial charge in [-0.25, -0.2) is 0 Å². The van der Waals surface area contributed by atoms with Crippen molar-refractivity contribution in [3.63, 3.8) is 0 Å². The quantitative estimate of drug-likeness (QED) is 0.350. The lowest BCUT2D eigenvalue weighted by molar-refractivity contribution is -0.136. The Bertz CT molecular complexity index is 307. The smallest absolute Gasteiger partial charge is 0.308 e. The molecule has 0 radical (unpaired) electrons. The lowest BCUT2D eigenvalue weighted by Gasteiger charge is -2.08. The lowest BCUT2D eigenvalue weighted by Crippen LogP contribution is -2.01. The molecule has 0 spiro atoms. The summed E-state index contributed by atoms with van der Waals surface area (Å²) in [6.45, 7) is 1.30. The van der Waals surface area contributed by atoms with Crippen LogP contribution in [0, 0.1) is 11.3 Å². The maximum absolute atomic E-state index is 10.6. The zero-order chi connectivity index (χ0) is 9.68. The van der Waals surface area contributed by atoms with Crippen molar-refractivity contribution in [2.45, 2.75) is 26.2 Å². The van der Waals surface area contributed by atoms with Crippen molar-refractivity contribution in [1.29, 1.82) is 5.26 Å². The first kappa shape index (κ1) is 9.53. The van der Waals surface area contributed by atoms with E-state index in [1.165, 1.54) is 6.92 Å². The van der Waals surface area contributed by atoms with E-state index in [0.717, 1.165) is 24.8 Å². The van der Waals surface area contributed by atoms with Crippen LogP contribution in [0.2, 0.25) is 0 Å². The average Bonchev–Trinajstić information content (AvgIpc) is 2.15. The van der Waals surface area contributed by atoms with Crippen molar-refractivity contribution in [2.24, 2.45) is 0 Å². The lowest BCUT2D eigenvalue weighted by atomic mass is 10.0. The predicted molar refractivity (Wildman–Crippen MR) is 47.4 cm³/mol. The van der Waals surface area contributed by atoms with Crippen molar-refractivity contribution in [3.05, 3.63) is 23.5 Å². The first-order chi connectivity index (χ1) is 6.24. The second kappa shape index (κ2) is 4.46. The number of rotatable bonds is 1. The Morgan fingerprint density at radius 3 is 2.92 bits per heavy atom. The molecule has 0 atom stereocenters. The third kappa shape index (κ3) is 2.75. The summed E-state index contributed by atoms with van der Waals surface area (Å²) in [7, 11) is 0. The topological polar surface area (TPSA) is 50.1 Å². The highest BCUT2D eigenvalue weighted by molar-refractivity contribution is 5.68. The van der Waals surface area contributed by atoms with Crippen LogP contribution in [0.25, 0.3) is 0 Å². The van der Waals surface area contributed by atoms with Gasteiger partial charge in [-0.2, -0.15) is 5.26 Å². The van der Waals surface area contributed by atoms with E-state index < -0.39 is 5.97 Å². The van der Waals surface area contributed by atoms with Crippen LogP contribution in [0.3, 0.4) is 0 Å². The Hall–Kier alpha value is -1.56. The molecule has 1 aliphatic carbocycles. The molecule has 3 heteroatoms. The molecule has 0 unspecified atom stereocenters. The first-order valence-corrected chi connectivity index (χ1v) is 4.22. The van der Waals surface area contributed by atoms with Crippen LogP contribution in [-0.4, -0.2) is 5.97 Å². The molecule has 0 saturated heterocycles. The molecule has 68 valence electrons. The Balaban J connectivity index is 2.84. The zero-order valence-electron chi connectivity index (χ0n) is 7.54. The molecule has 0 heterocycles. The van der Waals surface area contributed by atoms with E-state index in [1.54, 1.807) is 0 Å². The van der Waals surface area contributed by atoms with Gasteiger partial charge in [-0.05, 0) is 19.3 Å². The zero-order valence-corrected chi connectivity index (χ0v) is 7.54. The Morgan fingerprint density at radius 1 is 1.69 bits per heavy atom. The number of carbonyl (C=O) groups is 1. The summed E-state index contributed by atoms with van der Waals surface area (Å²) in [6, 6.07) is 1.89. The molecule has 13 heavy (non-hydrogen) atoms. The van der Waals surface area contributed by atoms with E-state index in [0.29, 0.717) is 0 Å². The summed E-state index contributed by atoms with van der Waals surface area (Å²) in [5, 5.41) is 8.71.